The van der Waals surface area contributed by atoms with Gasteiger partial charge < -0.3 is 0 Å². The normalized spacial score (nSPS) is 18.4. The molecule has 22 heavy (non-hydrogen) atoms. The standard InChI is InChI=1S/C22H16/c1-5-13-14-6-2-10-18(14)22-20-12-4-8-16(20)15-7-3-11-19(15)21(22)17(13)9-1/h1-3,5,7-8,10,12H,4,6,9,11H2. The summed E-state index contributed by atoms with van der Waals surface area (Å²) < 4.78 is 0. The van der Waals surface area contributed by atoms with Crippen LogP contribution in [0, 0.1) is 0 Å². The second-order valence-electron chi connectivity index (χ2n) is 6.72. The molecule has 0 saturated carbocycles. The lowest BCUT2D eigenvalue weighted by Crippen LogP contribution is -2.27. The van der Waals surface area contributed by atoms with Gasteiger partial charge in [-0.05, 0) is 80.3 Å². The van der Waals surface area contributed by atoms with Crippen LogP contribution in [0.5, 0.6) is 0 Å². The molecule has 0 radical (unpaired) electrons. The molecule has 0 amide bonds. The topological polar surface area (TPSA) is 0 Å². The molecule has 0 spiro atoms. The Hall–Kier alpha value is -2.34. The molecular weight excluding hydrogens is 264 g/mol. The molecule has 0 aromatic heterocycles. The van der Waals surface area contributed by atoms with E-state index in [1.165, 1.54) is 32.5 Å². The summed E-state index contributed by atoms with van der Waals surface area (Å²) in [7, 11) is 0. The first-order valence-electron chi connectivity index (χ1n) is 8.30. The number of fused-ring (bicyclic) bond motifs is 11. The van der Waals surface area contributed by atoms with Crippen molar-refractivity contribution in [2.24, 2.45) is 0 Å². The van der Waals surface area contributed by atoms with Crippen molar-refractivity contribution < 1.29 is 0 Å². The van der Waals surface area contributed by atoms with Gasteiger partial charge in [0.25, 0.3) is 0 Å². The first-order chi connectivity index (χ1) is 10.9. The molecule has 104 valence electrons. The Morgan fingerprint density at radius 1 is 0.545 bits per heavy atom. The van der Waals surface area contributed by atoms with Crippen molar-refractivity contribution in [2.75, 3.05) is 0 Å². The first kappa shape index (κ1) is 11.3. The fourth-order valence-electron chi connectivity index (χ4n) is 4.92. The molecule has 0 fully saturated rings. The number of benzene rings is 2. The van der Waals surface area contributed by atoms with E-state index in [0.29, 0.717) is 0 Å². The minimum Gasteiger partial charge on any atom is -0.0795 e. The molecule has 4 aliphatic rings. The minimum atomic E-state index is 1.09. The lowest BCUT2D eigenvalue weighted by Gasteiger charge is -2.17. The molecule has 4 aliphatic carbocycles. The fraction of sp³-hybridized carbons (Fsp3) is 0.182. The Kier molecular flexibility index (Phi) is 1.89. The molecule has 0 heterocycles. The van der Waals surface area contributed by atoms with Gasteiger partial charge in [-0.3, -0.25) is 0 Å². The van der Waals surface area contributed by atoms with E-state index in [4.69, 9.17) is 0 Å². The van der Waals surface area contributed by atoms with Gasteiger partial charge in [-0.15, -0.1) is 0 Å². The van der Waals surface area contributed by atoms with Crippen molar-refractivity contribution in [1.82, 2.24) is 0 Å². The maximum absolute atomic E-state index is 2.44. The zero-order valence-corrected chi connectivity index (χ0v) is 12.4. The highest BCUT2D eigenvalue weighted by atomic mass is 14.3. The highest BCUT2D eigenvalue weighted by Crippen LogP contribution is 2.40. The van der Waals surface area contributed by atoms with Crippen LogP contribution in [0.3, 0.4) is 0 Å². The van der Waals surface area contributed by atoms with Crippen LogP contribution >= 0.6 is 0 Å². The van der Waals surface area contributed by atoms with Crippen LogP contribution in [-0.2, 0) is 19.3 Å². The van der Waals surface area contributed by atoms with Gasteiger partial charge >= 0.3 is 0 Å². The third-order valence-corrected chi connectivity index (χ3v) is 5.74. The van der Waals surface area contributed by atoms with Gasteiger partial charge in [0.15, 0.2) is 0 Å². The maximum Gasteiger partial charge on any atom is -0.00266 e. The number of hydrogen-bond donors (Lipinski definition) is 0. The third-order valence-electron chi connectivity index (χ3n) is 5.74. The fourth-order valence-corrected chi connectivity index (χ4v) is 4.92. The molecule has 0 saturated heterocycles. The molecule has 0 bridgehead atoms. The highest BCUT2D eigenvalue weighted by Gasteiger charge is 2.25. The van der Waals surface area contributed by atoms with Gasteiger partial charge in [0.05, 0.1) is 0 Å². The molecule has 0 N–H and O–H groups in total. The first-order valence-corrected chi connectivity index (χ1v) is 8.30. The van der Waals surface area contributed by atoms with Gasteiger partial charge in [-0.25, -0.2) is 0 Å². The zero-order chi connectivity index (χ0) is 14.3. The molecule has 6 rings (SSSR count). The molecule has 0 unspecified atom stereocenters. The predicted octanol–water partition coefficient (Wildman–Crippen LogP) is 3.51. The summed E-state index contributed by atoms with van der Waals surface area (Å²) >= 11 is 0. The van der Waals surface area contributed by atoms with Crippen LogP contribution in [-0.4, -0.2) is 0 Å². The van der Waals surface area contributed by atoms with E-state index in [-0.39, 0.29) is 0 Å². The summed E-state index contributed by atoms with van der Waals surface area (Å²) in [5.41, 5.74) is 9.22. The SMILES string of the molecule is C1=Cc2c(c3c(c4c5c(c6c(c24)=CCC=6)C=CC5)CC=C3)C1. The van der Waals surface area contributed by atoms with Gasteiger partial charge in [-0.2, -0.15) is 0 Å². The monoisotopic (exact) mass is 280 g/mol. The van der Waals surface area contributed by atoms with Crippen LogP contribution < -0.4 is 10.4 Å². The lowest BCUT2D eigenvalue weighted by atomic mass is 9.86. The average molecular weight is 280 g/mol. The Morgan fingerprint density at radius 3 is 2.05 bits per heavy atom. The molecule has 0 heteroatoms. The van der Waals surface area contributed by atoms with Crippen molar-refractivity contribution in [2.45, 2.75) is 25.7 Å². The summed E-state index contributed by atoms with van der Waals surface area (Å²) in [5.74, 6) is 0. The van der Waals surface area contributed by atoms with E-state index in [1.54, 1.807) is 22.1 Å². The summed E-state index contributed by atoms with van der Waals surface area (Å²) in [4.78, 5) is 0. The number of allylic oxidation sites excluding steroid dienone is 3. The maximum atomic E-state index is 2.44. The van der Waals surface area contributed by atoms with Crippen LogP contribution in [0.1, 0.15) is 39.8 Å². The summed E-state index contributed by atoms with van der Waals surface area (Å²) in [6, 6.07) is 0. The van der Waals surface area contributed by atoms with Gasteiger partial charge in [-0.1, -0.05) is 48.6 Å². The molecule has 2 aromatic rings. The van der Waals surface area contributed by atoms with E-state index in [9.17, 15) is 0 Å². The second kappa shape index (κ2) is 3.70. The predicted molar refractivity (Wildman–Crippen MR) is 95.0 cm³/mol. The second-order valence-corrected chi connectivity index (χ2v) is 6.72. The van der Waals surface area contributed by atoms with E-state index < -0.39 is 0 Å². The van der Waals surface area contributed by atoms with Gasteiger partial charge in [0.2, 0.25) is 0 Å². The van der Waals surface area contributed by atoms with Crippen molar-refractivity contribution in [3.63, 3.8) is 0 Å². The van der Waals surface area contributed by atoms with E-state index >= 15 is 0 Å². The van der Waals surface area contributed by atoms with Crippen molar-refractivity contribution in [1.29, 1.82) is 0 Å². The van der Waals surface area contributed by atoms with Crippen molar-refractivity contribution >= 4 is 41.2 Å². The van der Waals surface area contributed by atoms with Crippen molar-refractivity contribution in [3.8, 4) is 0 Å². The smallest absolute Gasteiger partial charge is 0.00266 e. The summed E-state index contributed by atoms with van der Waals surface area (Å²) in [5, 5.41) is 6.09. The van der Waals surface area contributed by atoms with E-state index in [2.05, 4.69) is 48.6 Å². The Labute approximate surface area is 129 Å². The lowest BCUT2D eigenvalue weighted by molar-refractivity contribution is 1.24. The molecular formula is C22H16. The zero-order valence-electron chi connectivity index (χ0n) is 12.4. The van der Waals surface area contributed by atoms with Gasteiger partial charge in [0.1, 0.15) is 0 Å². The van der Waals surface area contributed by atoms with E-state index in [0.717, 1.165) is 25.7 Å². The molecule has 0 atom stereocenters. The summed E-state index contributed by atoms with van der Waals surface area (Å²) in [6.45, 7) is 0. The van der Waals surface area contributed by atoms with Crippen LogP contribution in [0.25, 0.3) is 41.2 Å². The third kappa shape index (κ3) is 1.14. The van der Waals surface area contributed by atoms with Crippen LogP contribution in [0.2, 0.25) is 0 Å². The average Bonchev–Trinajstić information content (AvgIpc) is 3.28. The molecule has 0 aliphatic heterocycles. The number of rotatable bonds is 0. The van der Waals surface area contributed by atoms with Crippen LogP contribution in [0.15, 0.2) is 18.2 Å². The summed E-state index contributed by atoms with van der Waals surface area (Å²) in [6.07, 6.45) is 23.3. The van der Waals surface area contributed by atoms with E-state index in [1.807, 2.05) is 0 Å². The molecule has 2 aromatic carbocycles. The quantitative estimate of drug-likeness (QED) is 0.693. The number of hydrogen-bond acceptors (Lipinski definition) is 0. The Bertz CT molecular complexity index is 1100. The molecule has 0 nitrogen and oxygen atoms in total. The largest absolute Gasteiger partial charge is 0.0795 e. The van der Waals surface area contributed by atoms with Gasteiger partial charge in [0, 0.05) is 0 Å². The Morgan fingerprint density at radius 2 is 1.18 bits per heavy atom. The minimum absolute atomic E-state index is 1.09. The Balaban J connectivity index is 1.99. The van der Waals surface area contributed by atoms with Crippen LogP contribution in [0.4, 0.5) is 0 Å². The van der Waals surface area contributed by atoms with Crippen molar-refractivity contribution in [3.05, 3.63) is 62.0 Å². The highest BCUT2D eigenvalue weighted by molar-refractivity contribution is 6.04.